The van der Waals surface area contributed by atoms with Crippen LogP contribution in [0, 0.1) is 11.8 Å². The maximum absolute atomic E-state index is 13.2. The van der Waals surface area contributed by atoms with Crippen LogP contribution in [0.1, 0.15) is 56.9 Å². The Balaban J connectivity index is 1.43. The van der Waals surface area contributed by atoms with Crippen LogP contribution in [-0.4, -0.2) is 57.5 Å². The number of hydrogen-bond donors (Lipinski definition) is 1. The molecule has 2 bridgehead atoms. The Hall–Kier alpha value is -1.88. The number of carbonyl (C=O) groups excluding carboxylic acids is 2. The molecule has 1 aromatic rings. The Morgan fingerprint density at radius 1 is 1.07 bits per heavy atom. The van der Waals surface area contributed by atoms with Crippen molar-refractivity contribution in [3.8, 4) is 0 Å². The van der Waals surface area contributed by atoms with E-state index in [2.05, 4.69) is 29.2 Å². The molecule has 3 aliphatic heterocycles. The number of benzene rings is 1. The van der Waals surface area contributed by atoms with E-state index in [4.69, 9.17) is 0 Å². The third-order valence-corrected chi connectivity index (χ3v) is 7.90. The molecule has 0 aromatic heterocycles. The minimum atomic E-state index is -1.15. The molecule has 0 radical (unpaired) electrons. The first kappa shape index (κ1) is 19.1. The number of amides is 2. The molecule has 1 saturated carbocycles. The Morgan fingerprint density at radius 2 is 1.79 bits per heavy atom. The van der Waals surface area contributed by atoms with Gasteiger partial charge in [-0.25, -0.2) is 0 Å². The van der Waals surface area contributed by atoms with Crippen molar-refractivity contribution >= 4 is 11.8 Å². The molecule has 4 aliphatic rings. The standard InChI is InChI=1S/C24H32N2O3/c27-22-10-6-9-20-18-14-19(21(26(20)22)13-17-7-2-1-3-8-17)16-25(15-18)23(28)24(29)11-4-5-12-24/h1-3,7-8,18-21,29H,4-6,9-16H2/t18-,19+,20+,21+/m1/s1. The smallest absolute Gasteiger partial charge is 0.254 e. The van der Waals surface area contributed by atoms with Gasteiger partial charge in [-0.1, -0.05) is 30.3 Å². The van der Waals surface area contributed by atoms with Crippen molar-refractivity contribution in [1.82, 2.24) is 9.80 Å². The number of rotatable bonds is 3. The summed E-state index contributed by atoms with van der Waals surface area (Å²) >= 11 is 0. The van der Waals surface area contributed by atoms with Crippen molar-refractivity contribution in [2.75, 3.05) is 13.1 Å². The van der Waals surface area contributed by atoms with Gasteiger partial charge in [-0.3, -0.25) is 9.59 Å². The molecular formula is C24H32N2O3. The highest BCUT2D eigenvalue weighted by Gasteiger charge is 2.52. The number of carbonyl (C=O) groups is 2. The van der Waals surface area contributed by atoms with E-state index in [9.17, 15) is 14.7 Å². The second-order valence-electron chi connectivity index (χ2n) is 9.72. The largest absolute Gasteiger partial charge is 0.380 e. The summed E-state index contributed by atoms with van der Waals surface area (Å²) in [6, 6.07) is 10.8. The molecule has 2 amide bonds. The van der Waals surface area contributed by atoms with Crippen LogP contribution in [0.2, 0.25) is 0 Å². The van der Waals surface area contributed by atoms with Crippen molar-refractivity contribution in [3.05, 3.63) is 35.9 Å². The molecule has 4 fully saturated rings. The third kappa shape index (κ3) is 3.37. The number of hydrogen-bond acceptors (Lipinski definition) is 3. The van der Waals surface area contributed by atoms with Crippen LogP contribution in [0.3, 0.4) is 0 Å². The summed E-state index contributed by atoms with van der Waals surface area (Å²) in [5.41, 5.74) is 0.105. The van der Waals surface area contributed by atoms with Crippen molar-refractivity contribution in [3.63, 3.8) is 0 Å². The number of piperidine rings is 3. The van der Waals surface area contributed by atoms with Gasteiger partial charge < -0.3 is 14.9 Å². The number of nitrogens with zero attached hydrogens (tertiary/aromatic N) is 2. The summed E-state index contributed by atoms with van der Waals surface area (Å²) in [6.07, 6.45) is 7.66. The second kappa shape index (κ2) is 7.42. The van der Waals surface area contributed by atoms with E-state index in [0.717, 1.165) is 38.5 Å². The zero-order valence-corrected chi connectivity index (χ0v) is 17.1. The van der Waals surface area contributed by atoms with E-state index in [1.165, 1.54) is 5.56 Å². The number of aliphatic hydroxyl groups is 1. The first-order chi connectivity index (χ1) is 14.0. The van der Waals surface area contributed by atoms with Gasteiger partial charge in [0.05, 0.1) is 0 Å². The number of fused-ring (bicyclic) bond motifs is 4. The molecule has 29 heavy (non-hydrogen) atoms. The molecule has 3 saturated heterocycles. The Bertz CT molecular complexity index is 774. The van der Waals surface area contributed by atoms with Crippen LogP contribution >= 0.6 is 0 Å². The van der Waals surface area contributed by atoms with Gasteiger partial charge >= 0.3 is 0 Å². The summed E-state index contributed by atoms with van der Waals surface area (Å²) in [5, 5.41) is 10.9. The molecule has 1 N–H and O–H groups in total. The predicted molar refractivity (Wildman–Crippen MR) is 110 cm³/mol. The lowest BCUT2D eigenvalue weighted by Crippen LogP contribution is -2.67. The fourth-order valence-electron chi connectivity index (χ4n) is 6.53. The van der Waals surface area contributed by atoms with E-state index < -0.39 is 5.60 Å². The second-order valence-corrected chi connectivity index (χ2v) is 9.72. The Morgan fingerprint density at radius 3 is 2.55 bits per heavy atom. The van der Waals surface area contributed by atoms with Crippen LogP contribution < -0.4 is 0 Å². The SMILES string of the molecule is O=C1CCC[C@H]2[C@@H]3C[C@@H](CN(C(=O)C4(O)CCCC4)C3)[C@H](Cc3ccccc3)N12. The van der Waals surface area contributed by atoms with Gasteiger partial charge in [-0.2, -0.15) is 0 Å². The molecule has 5 rings (SSSR count). The maximum atomic E-state index is 13.2. The van der Waals surface area contributed by atoms with Crippen molar-refractivity contribution in [1.29, 1.82) is 0 Å². The third-order valence-electron chi connectivity index (χ3n) is 7.90. The van der Waals surface area contributed by atoms with Gasteiger partial charge in [0.25, 0.3) is 5.91 Å². The normalized spacial score (nSPS) is 33.5. The molecule has 5 heteroatoms. The molecule has 1 aliphatic carbocycles. The van der Waals surface area contributed by atoms with Gasteiger partial charge in [0.15, 0.2) is 0 Å². The average Bonchev–Trinajstić information content (AvgIpc) is 3.19. The van der Waals surface area contributed by atoms with Crippen molar-refractivity contribution in [2.24, 2.45) is 11.8 Å². The highest BCUT2D eigenvalue weighted by molar-refractivity contribution is 5.85. The van der Waals surface area contributed by atoms with Gasteiger partial charge in [0.2, 0.25) is 5.91 Å². The van der Waals surface area contributed by atoms with Crippen molar-refractivity contribution < 1.29 is 14.7 Å². The average molecular weight is 397 g/mol. The highest BCUT2D eigenvalue weighted by atomic mass is 16.3. The Kier molecular flexibility index (Phi) is 4.89. The monoisotopic (exact) mass is 396 g/mol. The maximum Gasteiger partial charge on any atom is 0.254 e. The highest BCUT2D eigenvalue weighted by Crippen LogP contribution is 2.43. The minimum Gasteiger partial charge on any atom is -0.380 e. The summed E-state index contributed by atoms with van der Waals surface area (Å²) < 4.78 is 0. The quantitative estimate of drug-likeness (QED) is 0.855. The summed E-state index contributed by atoms with van der Waals surface area (Å²) in [5.74, 6) is 0.880. The minimum absolute atomic E-state index is 0.0567. The van der Waals surface area contributed by atoms with Gasteiger partial charge in [0.1, 0.15) is 5.60 Å². The van der Waals surface area contributed by atoms with E-state index >= 15 is 0 Å². The molecule has 5 nitrogen and oxygen atoms in total. The molecule has 4 atom stereocenters. The summed E-state index contributed by atoms with van der Waals surface area (Å²) in [6.45, 7) is 1.37. The predicted octanol–water partition coefficient (Wildman–Crippen LogP) is 2.76. The van der Waals surface area contributed by atoms with E-state index in [-0.39, 0.29) is 18.0 Å². The van der Waals surface area contributed by atoms with Crippen molar-refractivity contribution in [2.45, 2.75) is 75.5 Å². The van der Waals surface area contributed by atoms with Crippen LogP contribution in [0.15, 0.2) is 30.3 Å². The van der Waals surface area contributed by atoms with Gasteiger partial charge in [-0.05, 0) is 68.8 Å². The summed E-state index contributed by atoms with van der Waals surface area (Å²) in [7, 11) is 0. The first-order valence-electron chi connectivity index (χ1n) is 11.4. The van der Waals surface area contributed by atoms with E-state index in [1.54, 1.807) is 0 Å². The molecule has 1 aromatic carbocycles. The van der Waals surface area contributed by atoms with Gasteiger partial charge in [-0.15, -0.1) is 0 Å². The van der Waals surface area contributed by atoms with Crippen LogP contribution in [0.25, 0.3) is 0 Å². The first-order valence-corrected chi connectivity index (χ1v) is 11.4. The fraction of sp³-hybridized carbons (Fsp3) is 0.667. The molecule has 0 spiro atoms. The van der Waals surface area contributed by atoms with Crippen LogP contribution in [-0.2, 0) is 16.0 Å². The lowest BCUT2D eigenvalue weighted by Gasteiger charge is -2.57. The molecule has 156 valence electrons. The zero-order valence-electron chi connectivity index (χ0n) is 17.1. The van der Waals surface area contributed by atoms with E-state index in [0.29, 0.717) is 50.1 Å². The zero-order chi connectivity index (χ0) is 20.0. The lowest BCUT2D eigenvalue weighted by molar-refractivity contribution is -0.164. The van der Waals surface area contributed by atoms with Crippen LogP contribution in [0.5, 0.6) is 0 Å². The fourth-order valence-corrected chi connectivity index (χ4v) is 6.53. The molecule has 0 unspecified atom stereocenters. The van der Waals surface area contributed by atoms with Crippen LogP contribution in [0.4, 0.5) is 0 Å². The summed E-state index contributed by atoms with van der Waals surface area (Å²) in [4.78, 5) is 30.3. The molecular weight excluding hydrogens is 364 g/mol. The van der Waals surface area contributed by atoms with Gasteiger partial charge in [0, 0.05) is 31.6 Å². The lowest BCUT2D eigenvalue weighted by atomic mass is 9.70. The molecule has 3 heterocycles. The topological polar surface area (TPSA) is 60.9 Å². The number of likely N-dealkylation sites (tertiary alicyclic amines) is 1. The Labute approximate surface area is 173 Å². The van der Waals surface area contributed by atoms with E-state index in [1.807, 2.05) is 11.0 Å².